The second-order valence-electron chi connectivity index (χ2n) is 20.9. The Labute approximate surface area is 369 Å². The van der Waals surface area contributed by atoms with Gasteiger partial charge in [0.2, 0.25) is 0 Å². The average Bonchev–Trinajstić information content (AvgIpc) is 3.76. The van der Waals surface area contributed by atoms with Gasteiger partial charge in [-0.25, -0.2) is 0 Å². The summed E-state index contributed by atoms with van der Waals surface area (Å²) in [6, 6.07) is 0. The van der Waals surface area contributed by atoms with Crippen LogP contribution in [0.1, 0.15) is 91.9 Å². The average molecular weight is 903 g/mol. The van der Waals surface area contributed by atoms with E-state index >= 15 is 0 Å². The Balaban J connectivity index is 0.872. The van der Waals surface area contributed by atoms with Gasteiger partial charge in [0.15, 0.2) is 18.9 Å². The number of aliphatic hydroxyl groups excluding tert-OH is 11. The van der Waals surface area contributed by atoms with Crippen molar-refractivity contribution in [2.24, 2.45) is 46.3 Å². The third-order valence-corrected chi connectivity index (χ3v) is 17.4. The third-order valence-electron chi connectivity index (χ3n) is 17.4. The maximum absolute atomic E-state index is 11.2. The lowest BCUT2D eigenvalue weighted by atomic mass is 9.44. The SMILES string of the molecule is CC1=C(CCC(C)CO[C@@H]2O[C@H](CO)[C@@H](O)[C@H](O)[C@H]2O)O[C@H]2CC3C4CCC5CC(O[C@@H]6O[C@H](CO)[C@H](O)[C@H](O)[C@H]6O[C@@H]6O[C@H](CO)[C@@H](O)[C@H](O)[C@H]6O)CC[C@]5(C)C4CC[C@]3(C)[C@@H]12. The lowest BCUT2D eigenvalue weighted by molar-refractivity contribution is -0.373. The van der Waals surface area contributed by atoms with E-state index in [1.807, 2.05) is 0 Å². The molecule has 4 aliphatic heterocycles. The van der Waals surface area contributed by atoms with Gasteiger partial charge in [-0.05, 0) is 111 Å². The maximum atomic E-state index is 11.2. The highest BCUT2D eigenvalue weighted by Gasteiger charge is 2.65. The fourth-order valence-electron chi connectivity index (χ4n) is 13.7. The predicted octanol–water partition coefficient (Wildman–Crippen LogP) is -0.830. The van der Waals surface area contributed by atoms with E-state index in [1.54, 1.807) is 0 Å². The quantitative estimate of drug-likeness (QED) is 0.101. The van der Waals surface area contributed by atoms with Crippen molar-refractivity contribution in [3.63, 3.8) is 0 Å². The number of hydrogen-bond donors (Lipinski definition) is 11. The number of aliphatic hydroxyl groups is 11. The minimum Gasteiger partial charge on any atom is -0.494 e. The first-order valence-electron chi connectivity index (χ1n) is 23.5. The van der Waals surface area contributed by atoms with Gasteiger partial charge in [-0.15, -0.1) is 0 Å². The zero-order valence-corrected chi connectivity index (χ0v) is 37.0. The van der Waals surface area contributed by atoms with Crippen molar-refractivity contribution in [2.75, 3.05) is 26.4 Å². The van der Waals surface area contributed by atoms with Crippen molar-refractivity contribution >= 4 is 0 Å². The molecule has 0 aromatic rings. The molecule has 8 rings (SSSR count). The predicted molar refractivity (Wildman–Crippen MR) is 218 cm³/mol. The molecule has 0 spiro atoms. The van der Waals surface area contributed by atoms with Crippen LogP contribution in [-0.4, -0.2) is 187 Å². The molecule has 0 bridgehead atoms. The molecule has 4 saturated carbocycles. The fourth-order valence-corrected chi connectivity index (χ4v) is 13.7. The molecule has 18 nitrogen and oxygen atoms in total. The lowest BCUT2D eigenvalue weighted by Gasteiger charge is -2.61. The van der Waals surface area contributed by atoms with Gasteiger partial charge >= 0.3 is 0 Å². The van der Waals surface area contributed by atoms with E-state index in [2.05, 4.69) is 27.7 Å². The maximum Gasteiger partial charge on any atom is 0.187 e. The molecule has 0 radical (unpaired) electrons. The summed E-state index contributed by atoms with van der Waals surface area (Å²) in [5.41, 5.74) is 1.57. The van der Waals surface area contributed by atoms with E-state index in [0.29, 0.717) is 29.6 Å². The van der Waals surface area contributed by atoms with Crippen molar-refractivity contribution in [2.45, 2.75) is 196 Å². The van der Waals surface area contributed by atoms with E-state index in [1.165, 1.54) is 5.57 Å². The largest absolute Gasteiger partial charge is 0.494 e. The van der Waals surface area contributed by atoms with E-state index in [4.69, 9.17) is 33.2 Å². The molecule has 0 aromatic heterocycles. The molecule has 11 N–H and O–H groups in total. The molecule has 63 heavy (non-hydrogen) atoms. The second-order valence-corrected chi connectivity index (χ2v) is 20.9. The number of fused-ring (bicyclic) bond motifs is 7. The summed E-state index contributed by atoms with van der Waals surface area (Å²) >= 11 is 0. The highest BCUT2D eigenvalue weighted by Crippen LogP contribution is 2.70. The summed E-state index contributed by atoms with van der Waals surface area (Å²) < 4.78 is 42.2. The monoisotopic (exact) mass is 902 g/mol. The molecular weight excluding hydrogens is 828 g/mol. The molecule has 0 amide bonds. The highest BCUT2D eigenvalue weighted by molar-refractivity contribution is 5.26. The Morgan fingerprint density at radius 3 is 1.87 bits per heavy atom. The van der Waals surface area contributed by atoms with Crippen molar-refractivity contribution < 1.29 is 89.3 Å². The van der Waals surface area contributed by atoms with Crippen LogP contribution in [-0.2, 0) is 33.2 Å². The van der Waals surface area contributed by atoms with Crippen LogP contribution in [0.5, 0.6) is 0 Å². The van der Waals surface area contributed by atoms with Crippen molar-refractivity contribution in [3.05, 3.63) is 11.3 Å². The molecule has 4 aliphatic carbocycles. The van der Waals surface area contributed by atoms with Gasteiger partial charge in [0.1, 0.15) is 79.4 Å². The lowest BCUT2D eigenvalue weighted by Crippen LogP contribution is -2.65. The van der Waals surface area contributed by atoms with Crippen LogP contribution in [0.2, 0.25) is 0 Å². The van der Waals surface area contributed by atoms with Gasteiger partial charge in [0.25, 0.3) is 0 Å². The Hall–Kier alpha value is -1.14. The Morgan fingerprint density at radius 1 is 0.635 bits per heavy atom. The van der Waals surface area contributed by atoms with Gasteiger partial charge < -0.3 is 89.3 Å². The molecule has 3 saturated heterocycles. The van der Waals surface area contributed by atoms with E-state index in [9.17, 15) is 56.2 Å². The summed E-state index contributed by atoms with van der Waals surface area (Å²) in [6.45, 7) is 7.74. The summed E-state index contributed by atoms with van der Waals surface area (Å²) in [5, 5.41) is 113. The highest BCUT2D eigenvalue weighted by atomic mass is 16.8. The number of hydrogen-bond acceptors (Lipinski definition) is 18. The summed E-state index contributed by atoms with van der Waals surface area (Å²) in [4.78, 5) is 0. The zero-order chi connectivity index (χ0) is 45.3. The van der Waals surface area contributed by atoms with Crippen molar-refractivity contribution in [1.82, 2.24) is 0 Å². The molecule has 18 heteroatoms. The number of allylic oxidation sites excluding steroid dienone is 1. The van der Waals surface area contributed by atoms with Gasteiger partial charge in [0, 0.05) is 12.3 Å². The van der Waals surface area contributed by atoms with Crippen LogP contribution < -0.4 is 0 Å². The van der Waals surface area contributed by atoms with Crippen LogP contribution in [0, 0.1) is 46.3 Å². The van der Waals surface area contributed by atoms with Crippen molar-refractivity contribution in [1.29, 1.82) is 0 Å². The second kappa shape index (κ2) is 19.1. The number of ether oxygens (including phenoxy) is 7. The van der Waals surface area contributed by atoms with Crippen LogP contribution >= 0.6 is 0 Å². The standard InChI is InChI=1S/C45H74O18/c1-19(18-57-41-38(55)35(52)32(49)28(15-46)60-41)5-8-26-20(2)31-27(59-26)14-25-23-7-6-21-13-22(9-11-44(21,3)24(23)10-12-45(25,31)4)58-43-40(37(54)34(51)30(17-48)62-43)63-42-39(56)36(53)33(50)29(16-47)61-42/h19,21-25,27-43,46-56H,5-18H2,1-4H3/t19?,21?,22?,23?,24?,25?,27-,28+,29+,30+,31-,32+,33+,34-,35-,36-,37-,38+,39+,40+,41+,42-,43+,44-,45-/m0/s1. The first-order chi connectivity index (χ1) is 29.9. The smallest absolute Gasteiger partial charge is 0.187 e. The molecule has 25 atom stereocenters. The van der Waals surface area contributed by atoms with E-state index in [0.717, 1.165) is 70.0 Å². The van der Waals surface area contributed by atoms with Crippen LogP contribution in [0.3, 0.4) is 0 Å². The molecule has 7 fully saturated rings. The fraction of sp³-hybridized carbons (Fsp3) is 0.956. The Bertz CT molecular complexity index is 1580. The molecular formula is C45H74O18. The summed E-state index contributed by atoms with van der Waals surface area (Å²) in [7, 11) is 0. The zero-order valence-electron chi connectivity index (χ0n) is 37.0. The van der Waals surface area contributed by atoms with Crippen LogP contribution in [0.4, 0.5) is 0 Å². The van der Waals surface area contributed by atoms with Crippen LogP contribution in [0.25, 0.3) is 0 Å². The first kappa shape index (κ1) is 48.3. The van der Waals surface area contributed by atoms with Gasteiger partial charge in [-0.1, -0.05) is 20.8 Å². The molecule has 6 unspecified atom stereocenters. The van der Waals surface area contributed by atoms with Gasteiger partial charge in [0.05, 0.1) is 38.3 Å². The molecule has 362 valence electrons. The van der Waals surface area contributed by atoms with Crippen LogP contribution in [0.15, 0.2) is 11.3 Å². The summed E-state index contributed by atoms with van der Waals surface area (Å²) in [5.74, 6) is 3.56. The van der Waals surface area contributed by atoms with E-state index in [-0.39, 0.29) is 35.6 Å². The topological polar surface area (TPSA) is 287 Å². The van der Waals surface area contributed by atoms with Gasteiger partial charge in [-0.2, -0.15) is 0 Å². The summed E-state index contributed by atoms with van der Waals surface area (Å²) in [6.07, 6.45) is -12.1. The molecule has 0 aromatic carbocycles. The Kier molecular flexibility index (Phi) is 14.6. The normalized spacial score (nSPS) is 52.7. The molecule has 8 aliphatic rings. The van der Waals surface area contributed by atoms with E-state index < -0.39 is 112 Å². The van der Waals surface area contributed by atoms with Crippen molar-refractivity contribution in [3.8, 4) is 0 Å². The number of rotatable bonds is 13. The minimum atomic E-state index is -1.74. The Morgan fingerprint density at radius 2 is 1.22 bits per heavy atom. The third kappa shape index (κ3) is 8.68. The first-order valence-corrected chi connectivity index (χ1v) is 23.5. The minimum absolute atomic E-state index is 0.0928. The molecule has 4 heterocycles. The van der Waals surface area contributed by atoms with Gasteiger partial charge in [-0.3, -0.25) is 0 Å².